The Morgan fingerprint density at radius 1 is 1.15 bits per heavy atom. The van der Waals surface area contributed by atoms with Gasteiger partial charge in [0.05, 0.1) is 17.1 Å². The number of carbonyl (C=O) groups is 1. The second-order valence-electron chi connectivity index (χ2n) is 5.10. The number of esters is 1. The van der Waals surface area contributed by atoms with Gasteiger partial charge >= 0.3 is 5.97 Å². The monoisotopic (exact) mass is 298 g/mol. The number of ether oxygens (including phenoxy) is 1. The van der Waals surface area contributed by atoms with Gasteiger partial charge in [0, 0.05) is 0 Å². The smallest absolute Gasteiger partial charge is 0.338 e. The SMILES string of the molecule is O=C(OCC1CCCCC1)c1ccc(S(=O)(=O)O)cc1. The van der Waals surface area contributed by atoms with Gasteiger partial charge in [0.25, 0.3) is 10.1 Å². The predicted molar refractivity (Wildman–Crippen MR) is 73.1 cm³/mol. The molecule has 1 aromatic rings. The molecule has 0 unspecified atom stereocenters. The van der Waals surface area contributed by atoms with E-state index >= 15 is 0 Å². The number of hydrogen-bond acceptors (Lipinski definition) is 4. The fraction of sp³-hybridized carbons (Fsp3) is 0.500. The van der Waals surface area contributed by atoms with Gasteiger partial charge in [-0.3, -0.25) is 4.55 Å². The minimum absolute atomic E-state index is 0.235. The van der Waals surface area contributed by atoms with Crippen molar-refractivity contribution in [1.82, 2.24) is 0 Å². The fourth-order valence-corrected chi connectivity index (χ4v) is 2.87. The lowest BCUT2D eigenvalue weighted by atomic mass is 9.90. The van der Waals surface area contributed by atoms with Crippen molar-refractivity contribution in [2.75, 3.05) is 6.61 Å². The van der Waals surface area contributed by atoms with Crippen LogP contribution in [0.15, 0.2) is 29.2 Å². The Morgan fingerprint density at radius 3 is 2.30 bits per heavy atom. The molecule has 1 aliphatic rings. The maximum Gasteiger partial charge on any atom is 0.338 e. The summed E-state index contributed by atoms with van der Waals surface area (Å²) in [7, 11) is -4.23. The van der Waals surface area contributed by atoms with E-state index in [1.54, 1.807) is 0 Å². The van der Waals surface area contributed by atoms with Crippen LogP contribution in [0.1, 0.15) is 42.5 Å². The van der Waals surface area contributed by atoms with E-state index < -0.39 is 16.1 Å². The standard InChI is InChI=1S/C14H18O5S/c15-14(19-10-11-4-2-1-3-5-11)12-6-8-13(9-7-12)20(16,17)18/h6-9,11H,1-5,10H2,(H,16,17,18). The Hall–Kier alpha value is -1.40. The van der Waals surface area contributed by atoms with Gasteiger partial charge in [0.15, 0.2) is 0 Å². The first kappa shape index (κ1) is 15.0. The molecule has 0 aromatic heterocycles. The van der Waals surface area contributed by atoms with Crippen LogP contribution in [0.4, 0.5) is 0 Å². The molecule has 1 aliphatic carbocycles. The predicted octanol–water partition coefficient (Wildman–Crippen LogP) is 2.67. The van der Waals surface area contributed by atoms with Gasteiger partial charge in [-0.1, -0.05) is 19.3 Å². The molecule has 20 heavy (non-hydrogen) atoms. The molecule has 5 nitrogen and oxygen atoms in total. The molecule has 0 heterocycles. The molecule has 110 valence electrons. The quantitative estimate of drug-likeness (QED) is 0.682. The molecule has 1 aromatic carbocycles. The van der Waals surface area contributed by atoms with Crippen LogP contribution < -0.4 is 0 Å². The molecule has 1 fully saturated rings. The molecule has 1 saturated carbocycles. The fourth-order valence-electron chi connectivity index (χ4n) is 2.39. The minimum atomic E-state index is -4.23. The van der Waals surface area contributed by atoms with Crippen molar-refractivity contribution >= 4 is 16.1 Å². The summed E-state index contributed by atoms with van der Waals surface area (Å²) in [6, 6.07) is 5.05. The molecule has 0 radical (unpaired) electrons. The van der Waals surface area contributed by atoms with Crippen molar-refractivity contribution in [2.24, 2.45) is 5.92 Å². The van der Waals surface area contributed by atoms with E-state index in [0.717, 1.165) is 12.8 Å². The highest BCUT2D eigenvalue weighted by molar-refractivity contribution is 7.85. The first-order valence-electron chi connectivity index (χ1n) is 6.71. The average molecular weight is 298 g/mol. The first-order valence-corrected chi connectivity index (χ1v) is 8.15. The number of carbonyl (C=O) groups excluding carboxylic acids is 1. The molecule has 1 N–H and O–H groups in total. The summed E-state index contributed by atoms with van der Waals surface area (Å²) in [6.07, 6.45) is 5.81. The van der Waals surface area contributed by atoms with E-state index in [4.69, 9.17) is 9.29 Å². The lowest BCUT2D eigenvalue weighted by Gasteiger charge is -2.21. The number of hydrogen-bond donors (Lipinski definition) is 1. The van der Waals surface area contributed by atoms with E-state index in [1.165, 1.54) is 43.5 Å². The molecule has 2 rings (SSSR count). The Kier molecular flexibility index (Phi) is 4.77. The van der Waals surface area contributed by atoms with Gasteiger partial charge in [-0.2, -0.15) is 8.42 Å². The van der Waals surface area contributed by atoms with E-state index in [2.05, 4.69) is 0 Å². The summed E-state index contributed by atoms with van der Waals surface area (Å²) in [5, 5.41) is 0. The molecule has 0 amide bonds. The highest BCUT2D eigenvalue weighted by Crippen LogP contribution is 2.24. The molecule has 0 saturated heterocycles. The van der Waals surface area contributed by atoms with Gasteiger partial charge in [0.1, 0.15) is 0 Å². The third kappa shape index (κ3) is 4.05. The normalized spacial score (nSPS) is 16.9. The van der Waals surface area contributed by atoms with Crippen LogP contribution in [0, 0.1) is 5.92 Å². The van der Waals surface area contributed by atoms with Crippen molar-refractivity contribution in [3.05, 3.63) is 29.8 Å². The van der Waals surface area contributed by atoms with Crippen LogP contribution in [0.5, 0.6) is 0 Å². The second-order valence-corrected chi connectivity index (χ2v) is 6.52. The summed E-state index contributed by atoms with van der Waals surface area (Å²) in [5.74, 6) is -0.0257. The highest BCUT2D eigenvalue weighted by Gasteiger charge is 2.17. The molecule has 0 spiro atoms. The Balaban J connectivity index is 1.92. The lowest BCUT2D eigenvalue weighted by Crippen LogP contribution is -2.16. The second kappa shape index (κ2) is 6.37. The third-order valence-corrected chi connectivity index (χ3v) is 4.43. The summed E-state index contributed by atoms with van der Waals surface area (Å²) < 4.78 is 35.9. The Morgan fingerprint density at radius 2 is 1.75 bits per heavy atom. The molecule has 0 atom stereocenters. The maximum atomic E-state index is 11.8. The Bertz CT molecular complexity index is 556. The summed E-state index contributed by atoms with van der Waals surface area (Å²) in [5.41, 5.74) is 0.285. The van der Waals surface area contributed by atoms with E-state index in [0.29, 0.717) is 12.5 Å². The van der Waals surface area contributed by atoms with Crippen LogP contribution in [0.3, 0.4) is 0 Å². The topological polar surface area (TPSA) is 80.7 Å². The van der Waals surface area contributed by atoms with Crippen LogP contribution in [-0.4, -0.2) is 25.5 Å². The average Bonchev–Trinajstić information content (AvgIpc) is 2.45. The zero-order valence-electron chi connectivity index (χ0n) is 11.1. The van der Waals surface area contributed by atoms with E-state index in [1.807, 2.05) is 0 Å². The lowest BCUT2D eigenvalue weighted by molar-refractivity contribution is 0.0410. The summed E-state index contributed by atoms with van der Waals surface area (Å²) in [4.78, 5) is 11.6. The van der Waals surface area contributed by atoms with Crippen molar-refractivity contribution in [1.29, 1.82) is 0 Å². The van der Waals surface area contributed by atoms with Gasteiger partial charge in [-0.05, 0) is 43.0 Å². The van der Waals surface area contributed by atoms with Crippen molar-refractivity contribution in [3.8, 4) is 0 Å². The third-order valence-electron chi connectivity index (χ3n) is 3.56. The van der Waals surface area contributed by atoms with Crippen molar-refractivity contribution in [2.45, 2.75) is 37.0 Å². The largest absolute Gasteiger partial charge is 0.462 e. The van der Waals surface area contributed by atoms with Crippen LogP contribution in [0.2, 0.25) is 0 Å². The highest BCUT2D eigenvalue weighted by atomic mass is 32.2. The Labute approximate surface area is 118 Å². The zero-order valence-corrected chi connectivity index (χ0v) is 11.9. The van der Waals surface area contributed by atoms with Crippen LogP contribution in [-0.2, 0) is 14.9 Å². The summed E-state index contributed by atoms with van der Waals surface area (Å²) in [6.45, 7) is 0.416. The van der Waals surface area contributed by atoms with Crippen LogP contribution >= 0.6 is 0 Å². The van der Waals surface area contributed by atoms with Crippen molar-refractivity contribution < 1.29 is 22.5 Å². The number of benzene rings is 1. The van der Waals surface area contributed by atoms with Gasteiger partial charge in [-0.15, -0.1) is 0 Å². The number of rotatable bonds is 4. The van der Waals surface area contributed by atoms with E-state index in [9.17, 15) is 13.2 Å². The first-order chi connectivity index (χ1) is 9.47. The van der Waals surface area contributed by atoms with Gasteiger partial charge in [0.2, 0.25) is 0 Å². The van der Waals surface area contributed by atoms with Gasteiger partial charge in [-0.25, -0.2) is 4.79 Å². The van der Waals surface area contributed by atoms with Crippen molar-refractivity contribution in [3.63, 3.8) is 0 Å². The maximum absolute atomic E-state index is 11.8. The molecule has 6 heteroatoms. The van der Waals surface area contributed by atoms with E-state index in [-0.39, 0.29) is 10.5 Å². The molecular weight excluding hydrogens is 280 g/mol. The zero-order chi connectivity index (χ0) is 14.6. The molecule has 0 bridgehead atoms. The molecule has 0 aliphatic heterocycles. The summed E-state index contributed by atoms with van der Waals surface area (Å²) >= 11 is 0. The van der Waals surface area contributed by atoms with Gasteiger partial charge < -0.3 is 4.74 Å². The van der Waals surface area contributed by atoms with Crippen LogP contribution in [0.25, 0.3) is 0 Å². The molecular formula is C14H18O5S. The minimum Gasteiger partial charge on any atom is -0.462 e.